The number of aromatic nitrogens is 3. The smallest absolute Gasteiger partial charge is 0.407 e. The van der Waals surface area contributed by atoms with Crippen molar-refractivity contribution in [2.75, 3.05) is 23.3 Å². The molecule has 1 aliphatic rings. The average Bonchev–Trinajstić information content (AvgIpc) is 2.69. The Morgan fingerprint density at radius 1 is 1.19 bits per heavy atom. The van der Waals surface area contributed by atoms with Crippen molar-refractivity contribution in [1.29, 1.82) is 0 Å². The van der Waals surface area contributed by atoms with Crippen molar-refractivity contribution in [3.63, 3.8) is 0 Å². The Bertz CT molecular complexity index is 1180. The molecule has 0 unspecified atom stereocenters. The minimum atomic E-state index is -0.680. The summed E-state index contributed by atoms with van der Waals surface area (Å²) in [6.45, 7) is 6.61. The summed E-state index contributed by atoms with van der Waals surface area (Å²) in [7, 11) is 0. The predicted molar refractivity (Wildman–Crippen MR) is 122 cm³/mol. The van der Waals surface area contributed by atoms with Crippen molar-refractivity contribution in [2.45, 2.75) is 32.4 Å². The molecule has 1 aliphatic heterocycles. The van der Waals surface area contributed by atoms with E-state index in [0.29, 0.717) is 35.8 Å². The van der Waals surface area contributed by atoms with E-state index in [9.17, 15) is 9.18 Å². The molecule has 0 saturated carbocycles. The van der Waals surface area contributed by atoms with Gasteiger partial charge < -0.3 is 20.3 Å². The van der Waals surface area contributed by atoms with E-state index in [0.717, 1.165) is 0 Å². The van der Waals surface area contributed by atoms with Crippen molar-refractivity contribution in [2.24, 2.45) is 0 Å². The van der Waals surface area contributed by atoms with Gasteiger partial charge in [0.1, 0.15) is 23.3 Å². The SMILES string of the molecule is CC(C)(C)OC(=O)NC1CN(c2ccc3ncnc(Nc4ccc(Cl)c(Cl)c4F)c3n2)C1. The zero-order chi connectivity index (χ0) is 23.0. The van der Waals surface area contributed by atoms with Crippen LogP contribution in [0.2, 0.25) is 10.0 Å². The van der Waals surface area contributed by atoms with Crippen LogP contribution < -0.4 is 15.5 Å². The van der Waals surface area contributed by atoms with E-state index in [1.54, 1.807) is 0 Å². The van der Waals surface area contributed by atoms with Crippen molar-refractivity contribution in [3.8, 4) is 0 Å². The first-order valence-corrected chi connectivity index (χ1v) is 10.6. The van der Waals surface area contributed by atoms with Gasteiger partial charge >= 0.3 is 6.09 Å². The van der Waals surface area contributed by atoms with Gasteiger partial charge in [-0.2, -0.15) is 0 Å². The van der Waals surface area contributed by atoms with E-state index in [1.165, 1.54) is 18.5 Å². The van der Waals surface area contributed by atoms with Crippen LogP contribution in [0, 0.1) is 5.82 Å². The van der Waals surface area contributed by atoms with E-state index >= 15 is 0 Å². The number of nitrogens with one attached hydrogen (secondary N) is 2. The first kappa shape index (κ1) is 22.3. The number of fused-ring (bicyclic) bond motifs is 1. The van der Waals surface area contributed by atoms with Crippen LogP contribution in [0.5, 0.6) is 0 Å². The molecule has 32 heavy (non-hydrogen) atoms. The number of halogens is 3. The van der Waals surface area contributed by atoms with Crippen molar-refractivity contribution < 1.29 is 13.9 Å². The standard InChI is InChI=1S/C21H21Cl2FN6O2/c1-21(2,3)32-20(31)27-11-8-30(9-11)15-7-6-14-18(29-15)19(26-10-25-14)28-13-5-4-12(22)16(23)17(13)24/h4-7,10-11H,8-9H2,1-3H3,(H,27,31)(H,25,26,28). The Morgan fingerprint density at radius 3 is 2.66 bits per heavy atom. The summed E-state index contributed by atoms with van der Waals surface area (Å²) < 4.78 is 19.8. The molecule has 2 aromatic heterocycles. The normalized spacial score (nSPS) is 14.2. The van der Waals surface area contributed by atoms with Crippen molar-refractivity contribution in [1.82, 2.24) is 20.3 Å². The minimum Gasteiger partial charge on any atom is -0.444 e. The third-order valence-electron chi connectivity index (χ3n) is 4.68. The maximum atomic E-state index is 14.5. The second-order valence-corrected chi connectivity index (χ2v) is 9.14. The molecule has 11 heteroatoms. The second kappa shape index (κ2) is 8.55. The van der Waals surface area contributed by atoms with Gasteiger partial charge in [0.2, 0.25) is 0 Å². The molecule has 0 bridgehead atoms. The van der Waals surface area contributed by atoms with Gasteiger partial charge in [-0.25, -0.2) is 24.1 Å². The van der Waals surface area contributed by atoms with E-state index < -0.39 is 17.5 Å². The number of hydrogen-bond acceptors (Lipinski definition) is 7. The molecule has 168 valence electrons. The van der Waals surface area contributed by atoms with Gasteiger partial charge in [0.05, 0.1) is 27.3 Å². The van der Waals surface area contributed by atoms with E-state index in [2.05, 4.69) is 25.6 Å². The summed E-state index contributed by atoms with van der Waals surface area (Å²) in [6, 6.07) is 6.57. The number of nitrogens with zero attached hydrogens (tertiary/aromatic N) is 4. The number of alkyl carbamates (subject to hydrolysis) is 1. The summed E-state index contributed by atoms with van der Waals surface area (Å²) in [4.78, 5) is 27.0. The number of benzene rings is 1. The van der Waals surface area contributed by atoms with Crippen molar-refractivity contribution >= 4 is 57.7 Å². The van der Waals surface area contributed by atoms with Crippen LogP contribution in [0.25, 0.3) is 11.0 Å². The maximum absolute atomic E-state index is 14.5. The molecule has 8 nitrogen and oxygen atoms in total. The largest absolute Gasteiger partial charge is 0.444 e. The highest BCUT2D eigenvalue weighted by molar-refractivity contribution is 6.42. The van der Waals surface area contributed by atoms with Gasteiger partial charge in [0, 0.05) is 13.1 Å². The zero-order valence-electron chi connectivity index (χ0n) is 17.6. The van der Waals surface area contributed by atoms with Crippen LogP contribution in [0.4, 0.5) is 26.5 Å². The fraction of sp³-hybridized carbons (Fsp3) is 0.333. The first-order valence-electron chi connectivity index (χ1n) is 9.87. The number of rotatable bonds is 4. The topological polar surface area (TPSA) is 92.3 Å². The molecular weight excluding hydrogens is 458 g/mol. The van der Waals surface area contributed by atoms with E-state index in [-0.39, 0.29) is 21.8 Å². The first-order chi connectivity index (χ1) is 15.1. The van der Waals surface area contributed by atoms with Gasteiger partial charge in [-0.3, -0.25) is 0 Å². The van der Waals surface area contributed by atoms with Crippen LogP contribution in [-0.4, -0.2) is 45.8 Å². The fourth-order valence-electron chi connectivity index (χ4n) is 3.18. The molecule has 4 rings (SSSR count). The number of carbonyl (C=O) groups excluding carboxylic acids is 1. The molecule has 3 heterocycles. The Labute approximate surface area is 194 Å². The molecule has 0 aliphatic carbocycles. The molecule has 1 saturated heterocycles. The number of anilines is 3. The van der Waals surface area contributed by atoms with Crippen LogP contribution in [0.15, 0.2) is 30.6 Å². The maximum Gasteiger partial charge on any atom is 0.407 e. The van der Waals surface area contributed by atoms with Crippen LogP contribution in [0.1, 0.15) is 20.8 Å². The summed E-state index contributed by atoms with van der Waals surface area (Å²) >= 11 is 11.8. The monoisotopic (exact) mass is 478 g/mol. The molecule has 1 amide bonds. The zero-order valence-corrected chi connectivity index (χ0v) is 19.1. The Morgan fingerprint density at radius 2 is 1.94 bits per heavy atom. The van der Waals surface area contributed by atoms with Crippen LogP contribution in [-0.2, 0) is 4.74 Å². The molecular formula is C21H21Cl2FN6O2. The Balaban J connectivity index is 1.50. The number of ether oxygens (including phenoxy) is 1. The molecule has 0 spiro atoms. The van der Waals surface area contributed by atoms with Crippen molar-refractivity contribution in [3.05, 3.63) is 46.5 Å². The number of amides is 1. The molecule has 0 atom stereocenters. The van der Waals surface area contributed by atoms with Gasteiger partial charge in [0.15, 0.2) is 11.6 Å². The van der Waals surface area contributed by atoms with E-state index in [1.807, 2.05) is 37.8 Å². The highest BCUT2D eigenvalue weighted by atomic mass is 35.5. The highest BCUT2D eigenvalue weighted by Crippen LogP contribution is 2.32. The lowest BCUT2D eigenvalue weighted by Crippen LogP contribution is -2.60. The molecule has 3 aromatic rings. The number of pyridine rings is 1. The average molecular weight is 479 g/mol. The Hall–Kier alpha value is -2.91. The minimum absolute atomic E-state index is 0.0442. The van der Waals surface area contributed by atoms with Gasteiger partial charge in [-0.15, -0.1) is 0 Å². The molecule has 1 fully saturated rings. The lowest BCUT2D eigenvalue weighted by atomic mass is 10.1. The predicted octanol–water partition coefficient (Wildman–Crippen LogP) is 4.93. The van der Waals surface area contributed by atoms with Crippen LogP contribution >= 0.6 is 23.2 Å². The number of carbonyl (C=O) groups is 1. The quantitative estimate of drug-likeness (QED) is 0.513. The Kier molecular flexibility index (Phi) is 5.96. The van der Waals surface area contributed by atoms with Gasteiger partial charge in [-0.05, 0) is 45.0 Å². The second-order valence-electron chi connectivity index (χ2n) is 8.36. The summed E-state index contributed by atoms with van der Waals surface area (Å²) in [5.74, 6) is 0.339. The van der Waals surface area contributed by atoms with E-state index in [4.69, 9.17) is 27.9 Å². The molecule has 0 radical (unpaired) electrons. The lowest BCUT2D eigenvalue weighted by Gasteiger charge is -2.40. The third-order valence-corrected chi connectivity index (χ3v) is 5.46. The number of hydrogen-bond donors (Lipinski definition) is 2. The van der Waals surface area contributed by atoms with Gasteiger partial charge in [0.25, 0.3) is 0 Å². The summed E-state index contributed by atoms with van der Waals surface area (Å²) in [5.41, 5.74) is 0.636. The van der Waals surface area contributed by atoms with Crippen LogP contribution in [0.3, 0.4) is 0 Å². The third kappa shape index (κ3) is 4.78. The van der Waals surface area contributed by atoms with Gasteiger partial charge in [-0.1, -0.05) is 23.2 Å². The summed E-state index contributed by atoms with van der Waals surface area (Å²) in [5, 5.41) is 5.70. The molecule has 2 N–H and O–H groups in total. The highest BCUT2D eigenvalue weighted by Gasteiger charge is 2.31. The lowest BCUT2D eigenvalue weighted by molar-refractivity contribution is 0.0496. The summed E-state index contributed by atoms with van der Waals surface area (Å²) in [6.07, 6.45) is 0.920. The molecule has 1 aromatic carbocycles. The fourth-order valence-corrected chi connectivity index (χ4v) is 3.49.